The third-order valence-electron chi connectivity index (χ3n) is 3.88. The maximum atomic E-state index is 12.1. The number of aromatic nitrogens is 4. The summed E-state index contributed by atoms with van der Waals surface area (Å²) in [7, 11) is 0. The van der Waals surface area contributed by atoms with Crippen molar-refractivity contribution in [2.75, 3.05) is 5.75 Å². The van der Waals surface area contributed by atoms with Crippen molar-refractivity contribution in [2.24, 2.45) is 5.92 Å². The summed E-state index contributed by atoms with van der Waals surface area (Å²) in [5.41, 5.74) is 2.07. The van der Waals surface area contributed by atoms with Crippen molar-refractivity contribution in [2.45, 2.75) is 58.2 Å². The van der Waals surface area contributed by atoms with Crippen LogP contribution in [0.15, 0.2) is 29.4 Å². The van der Waals surface area contributed by atoms with Gasteiger partial charge in [-0.1, -0.05) is 56.1 Å². The van der Waals surface area contributed by atoms with Crippen LogP contribution >= 0.6 is 11.8 Å². The minimum atomic E-state index is 0.0144. The molecule has 1 amide bonds. The highest BCUT2D eigenvalue weighted by atomic mass is 32.2. The van der Waals surface area contributed by atoms with Gasteiger partial charge in [-0.3, -0.25) is 4.79 Å². The summed E-state index contributed by atoms with van der Waals surface area (Å²) in [6.07, 6.45) is 3.34. The molecule has 0 aliphatic heterocycles. The van der Waals surface area contributed by atoms with Gasteiger partial charge in [0.05, 0.1) is 11.4 Å². The Morgan fingerprint density at radius 3 is 2.60 bits per heavy atom. The fourth-order valence-electron chi connectivity index (χ4n) is 2.47. The Bertz CT molecular complexity index is 668. The maximum Gasteiger partial charge on any atom is 0.230 e. The molecule has 0 bridgehead atoms. The first-order valence-electron chi connectivity index (χ1n) is 8.73. The van der Waals surface area contributed by atoms with E-state index in [1.807, 2.05) is 31.2 Å². The van der Waals surface area contributed by atoms with E-state index in [0.29, 0.717) is 16.8 Å². The summed E-state index contributed by atoms with van der Waals surface area (Å²) >= 11 is 1.35. The lowest BCUT2D eigenvalue weighted by Gasteiger charge is -2.14. The number of tetrazole rings is 1. The molecule has 1 unspecified atom stereocenters. The zero-order valence-corrected chi connectivity index (χ0v) is 16.2. The van der Waals surface area contributed by atoms with Crippen LogP contribution in [0.5, 0.6) is 0 Å². The molecule has 1 atom stereocenters. The Kier molecular flexibility index (Phi) is 7.43. The van der Waals surface area contributed by atoms with Gasteiger partial charge >= 0.3 is 0 Å². The van der Waals surface area contributed by atoms with Crippen LogP contribution in [0.3, 0.4) is 0 Å². The van der Waals surface area contributed by atoms with Gasteiger partial charge in [0.15, 0.2) is 0 Å². The molecule has 2 aromatic rings. The van der Waals surface area contributed by atoms with Crippen molar-refractivity contribution in [3.05, 3.63) is 29.8 Å². The number of nitrogens with one attached hydrogen (secondary N) is 1. The highest BCUT2D eigenvalue weighted by Crippen LogP contribution is 2.18. The molecular formula is C18H27N5OS. The van der Waals surface area contributed by atoms with Gasteiger partial charge in [0, 0.05) is 6.04 Å². The van der Waals surface area contributed by atoms with E-state index in [0.717, 1.165) is 18.5 Å². The maximum absolute atomic E-state index is 12.1. The highest BCUT2D eigenvalue weighted by Gasteiger charge is 2.13. The summed E-state index contributed by atoms with van der Waals surface area (Å²) in [6, 6.07) is 8.15. The molecule has 0 aliphatic rings. The molecule has 1 aromatic carbocycles. The van der Waals surface area contributed by atoms with Gasteiger partial charge in [-0.15, -0.1) is 5.10 Å². The number of benzene rings is 1. The molecule has 2 rings (SSSR count). The predicted octanol–water partition coefficient (Wildman–Crippen LogP) is 3.39. The van der Waals surface area contributed by atoms with Gasteiger partial charge in [0.25, 0.3) is 0 Å². The van der Waals surface area contributed by atoms with Gasteiger partial charge in [-0.25, -0.2) is 0 Å². The van der Waals surface area contributed by atoms with Crippen molar-refractivity contribution < 1.29 is 4.79 Å². The Labute approximate surface area is 153 Å². The first kappa shape index (κ1) is 19.4. The van der Waals surface area contributed by atoms with Crippen LogP contribution < -0.4 is 5.32 Å². The van der Waals surface area contributed by atoms with E-state index in [-0.39, 0.29) is 11.9 Å². The molecule has 1 N–H and O–H groups in total. The summed E-state index contributed by atoms with van der Waals surface area (Å²) in [6.45, 7) is 8.53. The second kappa shape index (κ2) is 9.56. The van der Waals surface area contributed by atoms with Gasteiger partial charge in [0.1, 0.15) is 0 Å². The normalized spacial score (nSPS) is 12.4. The molecule has 136 valence electrons. The lowest BCUT2D eigenvalue weighted by Crippen LogP contribution is -2.33. The first-order chi connectivity index (χ1) is 12.0. The third-order valence-corrected chi connectivity index (χ3v) is 4.80. The average Bonchev–Trinajstić information content (AvgIpc) is 3.01. The third kappa shape index (κ3) is 6.49. The van der Waals surface area contributed by atoms with Crippen LogP contribution in [-0.4, -0.2) is 37.9 Å². The monoisotopic (exact) mass is 361 g/mol. The van der Waals surface area contributed by atoms with Crippen molar-refractivity contribution in [3.8, 4) is 5.69 Å². The van der Waals surface area contributed by atoms with Crippen molar-refractivity contribution in [3.63, 3.8) is 0 Å². The first-order valence-corrected chi connectivity index (χ1v) is 9.72. The number of carbonyl (C=O) groups excluding carboxylic acids is 1. The van der Waals surface area contributed by atoms with E-state index in [2.05, 4.69) is 41.6 Å². The molecular weight excluding hydrogens is 334 g/mol. The van der Waals surface area contributed by atoms with Gasteiger partial charge < -0.3 is 5.32 Å². The summed E-state index contributed by atoms with van der Waals surface area (Å²) in [5, 5.41) is 15.4. The number of thioether (sulfide) groups is 1. The average molecular weight is 362 g/mol. The largest absolute Gasteiger partial charge is 0.353 e. The van der Waals surface area contributed by atoms with E-state index >= 15 is 0 Å². The second-order valence-electron chi connectivity index (χ2n) is 6.79. The minimum Gasteiger partial charge on any atom is -0.353 e. The Hall–Kier alpha value is -1.89. The molecule has 1 heterocycles. The molecule has 7 heteroatoms. The molecule has 25 heavy (non-hydrogen) atoms. The summed E-state index contributed by atoms with van der Waals surface area (Å²) in [5.74, 6) is 1.03. The highest BCUT2D eigenvalue weighted by molar-refractivity contribution is 7.99. The quantitative estimate of drug-likeness (QED) is 0.693. The van der Waals surface area contributed by atoms with Crippen LogP contribution in [0.4, 0.5) is 0 Å². The van der Waals surface area contributed by atoms with Crippen LogP contribution in [0.1, 0.15) is 45.6 Å². The Balaban J connectivity index is 1.82. The van der Waals surface area contributed by atoms with Crippen molar-refractivity contribution >= 4 is 17.7 Å². The Morgan fingerprint density at radius 1 is 1.20 bits per heavy atom. The molecule has 6 nitrogen and oxygen atoms in total. The van der Waals surface area contributed by atoms with Crippen LogP contribution in [0, 0.1) is 12.8 Å². The van der Waals surface area contributed by atoms with Gasteiger partial charge in [0.2, 0.25) is 11.1 Å². The molecule has 0 fully saturated rings. The SMILES string of the molecule is Cc1ccc(-n2nnnc2SCC(=O)NC(C)CCCC(C)C)cc1. The molecule has 0 saturated carbocycles. The molecule has 0 spiro atoms. The number of rotatable bonds is 9. The number of carbonyl (C=O) groups is 1. The topological polar surface area (TPSA) is 72.7 Å². The lowest BCUT2D eigenvalue weighted by atomic mass is 10.0. The zero-order chi connectivity index (χ0) is 18.2. The number of amides is 1. The zero-order valence-electron chi connectivity index (χ0n) is 15.4. The standard InChI is InChI=1S/C18H27N5OS/c1-13(2)6-5-7-15(4)19-17(24)12-25-18-20-21-22-23(18)16-10-8-14(3)9-11-16/h8-11,13,15H,5-7,12H2,1-4H3,(H,19,24). The van der Waals surface area contributed by atoms with E-state index in [1.54, 1.807) is 4.68 Å². The smallest absolute Gasteiger partial charge is 0.230 e. The van der Waals surface area contributed by atoms with Crippen molar-refractivity contribution in [1.29, 1.82) is 0 Å². The van der Waals surface area contributed by atoms with E-state index in [4.69, 9.17) is 0 Å². The predicted molar refractivity (Wildman–Crippen MR) is 101 cm³/mol. The van der Waals surface area contributed by atoms with Crippen LogP contribution in [0.2, 0.25) is 0 Å². The van der Waals surface area contributed by atoms with Gasteiger partial charge in [-0.05, 0) is 48.7 Å². The van der Waals surface area contributed by atoms with Crippen LogP contribution in [0.25, 0.3) is 5.69 Å². The van der Waals surface area contributed by atoms with E-state index in [9.17, 15) is 4.79 Å². The molecule has 0 aliphatic carbocycles. The van der Waals surface area contributed by atoms with E-state index in [1.165, 1.54) is 23.7 Å². The van der Waals surface area contributed by atoms with Crippen molar-refractivity contribution in [1.82, 2.24) is 25.5 Å². The number of nitrogens with zero attached hydrogens (tertiary/aromatic N) is 4. The fraction of sp³-hybridized carbons (Fsp3) is 0.556. The molecule has 1 aromatic heterocycles. The van der Waals surface area contributed by atoms with E-state index < -0.39 is 0 Å². The fourth-order valence-corrected chi connectivity index (χ4v) is 3.17. The molecule has 0 saturated heterocycles. The lowest BCUT2D eigenvalue weighted by molar-refractivity contribution is -0.119. The second-order valence-corrected chi connectivity index (χ2v) is 7.73. The Morgan fingerprint density at radius 2 is 1.92 bits per heavy atom. The van der Waals surface area contributed by atoms with Crippen LogP contribution in [-0.2, 0) is 4.79 Å². The summed E-state index contributed by atoms with van der Waals surface area (Å²) < 4.78 is 1.66. The van der Waals surface area contributed by atoms with Gasteiger partial charge in [-0.2, -0.15) is 4.68 Å². The minimum absolute atomic E-state index is 0.0144. The number of hydrogen-bond donors (Lipinski definition) is 1. The number of hydrogen-bond acceptors (Lipinski definition) is 5. The summed E-state index contributed by atoms with van der Waals surface area (Å²) in [4.78, 5) is 12.1. The molecule has 0 radical (unpaired) electrons. The number of aryl methyl sites for hydroxylation is 1.